The molecule has 0 fully saturated rings. The van der Waals surface area contributed by atoms with Crippen molar-refractivity contribution in [3.63, 3.8) is 0 Å². The second-order valence-corrected chi connectivity index (χ2v) is 11.5. The van der Waals surface area contributed by atoms with Crippen LogP contribution in [0.25, 0.3) is 21.1 Å². The molecule has 1 aliphatic carbocycles. The van der Waals surface area contributed by atoms with Crippen LogP contribution >= 0.6 is 11.3 Å². The minimum atomic E-state index is -3.71. The molecule has 0 amide bonds. The van der Waals surface area contributed by atoms with E-state index in [4.69, 9.17) is 4.74 Å². The lowest BCUT2D eigenvalue weighted by Crippen LogP contribution is -2.34. The SMILES string of the molecule is CC(=O)CS(=O)(=O)N[C@@H]1CCCc2c(-c3nnc(-c4ccc(OC(C)C)c(C#N)c4)s3)cccc21. The van der Waals surface area contributed by atoms with Crippen molar-refractivity contribution >= 4 is 27.1 Å². The number of ketones is 1. The highest BCUT2D eigenvalue weighted by atomic mass is 32.2. The van der Waals surface area contributed by atoms with E-state index in [9.17, 15) is 18.5 Å². The number of Topliss-reactive ketones (excluding diaryl/α,β-unsaturated/α-hetero) is 1. The molecule has 0 bridgehead atoms. The van der Waals surface area contributed by atoms with Crippen LogP contribution in [0, 0.1) is 11.3 Å². The molecule has 0 aliphatic heterocycles. The Morgan fingerprint density at radius 1 is 1.26 bits per heavy atom. The molecule has 4 rings (SSSR count). The molecule has 0 unspecified atom stereocenters. The molecule has 1 aromatic heterocycles. The van der Waals surface area contributed by atoms with Gasteiger partial charge in [0.15, 0.2) is 0 Å². The molecule has 10 heteroatoms. The third kappa shape index (κ3) is 5.75. The van der Waals surface area contributed by atoms with Gasteiger partial charge in [0.25, 0.3) is 0 Å². The molecular formula is C25H26N4O4S2. The van der Waals surface area contributed by atoms with Gasteiger partial charge in [0.2, 0.25) is 10.0 Å². The first kappa shape index (κ1) is 25.0. The van der Waals surface area contributed by atoms with Gasteiger partial charge in [0.1, 0.15) is 33.4 Å². The number of nitrogens with one attached hydrogen (secondary N) is 1. The number of ether oxygens (including phenoxy) is 1. The number of nitriles is 1. The van der Waals surface area contributed by atoms with Crippen molar-refractivity contribution < 1.29 is 17.9 Å². The fourth-order valence-electron chi connectivity index (χ4n) is 4.25. The Morgan fingerprint density at radius 2 is 2.03 bits per heavy atom. The third-order valence-corrected chi connectivity index (χ3v) is 8.02. The molecule has 1 atom stereocenters. The summed E-state index contributed by atoms with van der Waals surface area (Å²) in [5.74, 6) is -0.386. The van der Waals surface area contributed by atoms with Crippen LogP contribution in [0.5, 0.6) is 5.75 Å². The summed E-state index contributed by atoms with van der Waals surface area (Å²) in [5, 5.41) is 19.7. The van der Waals surface area contributed by atoms with Crippen LogP contribution < -0.4 is 9.46 Å². The summed E-state index contributed by atoms with van der Waals surface area (Å²) < 4.78 is 33.2. The van der Waals surface area contributed by atoms with Gasteiger partial charge >= 0.3 is 0 Å². The van der Waals surface area contributed by atoms with Crippen LogP contribution in [0.15, 0.2) is 36.4 Å². The summed E-state index contributed by atoms with van der Waals surface area (Å²) in [6.07, 6.45) is 2.23. The van der Waals surface area contributed by atoms with Gasteiger partial charge in [0, 0.05) is 17.2 Å². The quantitative estimate of drug-likeness (QED) is 0.476. The van der Waals surface area contributed by atoms with Crippen molar-refractivity contribution in [3.05, 3.63) is 53.1 Å². The largest absolute Gasteiger partial charge is 0.490 e. The summed E-state index contributed by atoms with van der Waals surface area (Å²) in [7, 11) is -3.71. The second-order valence-electron chi connectivity index (χ2n) is 8.80. The number of benzene rings is 2. The van der Waals surface area contributed by atoms with Crippen LogP contribution in [-0.2, 0) is 21.2 Å². The van der Waals surface area contributed by atoms with Crippen molar-refractivity contribution in [1.29, 1.82) is 5.26 Å². The zero-order valence-electron chi connectivity index (χ0n) is 19.7. The number of carbonyl (C=O) groups is 1. The number of hydrogen-bond acceptors (Lipinski definition) is 8. The topological polar surface area (TPSA) is 122 Å². The van der Waals surface area contributed by atoms with Gasteiger partial charge in [-0.2, -0.15) is 5.26 Å². The molecular weight excluding hydrogens is 484 g/mol. The van der Waals surface area contributed by atoms with Gasteiger partial charge in [0.05, 0.1) is 11.7 Å². The van der Waals surface area contributed by atoms with E-state index in [1.807, 2.05) is 38.1 Å². The Labute approximate surface area is 209 Å². The van der Waals surface area contributed by atoms with E-state index in [0.29, 0.717) is 22.7 Å². The first-order chi connectivity index (χ1) is 16.7. The van der Waals surface area contributed by atoms with E-state index in [1.165, 1.54) is 18.3 Å². The van der Waals surface area contributed by atoms with Crippen molar-refractivity contribution in [1.82, 2.24) is 14.9 Å². The average molecular weight is 511 g/mol. The Morgan fingerprint density at radius 3 is 2.74 bits per heavy atom. The van der Waals surface area contributed by atoms with Crippen LogP contribution in [0.4, 0.5) is 0 Å². The summed E-state index contributed by atoms with van der Waals surface area (Å²) in [6, 6.07) is 13.0. The Balaban J connectivity index is 1.65. The van der Waals surface area contributed by atoms with Gasteiger partial charge in [-0.15, -0.1) is 10.2 Å². The minimum Gasteiger partial charge on any atom is -0.490 e. The van der Waals surface area contributed by atoms with Crippen LogP contribution in [-0.4, -0.2) is 36.3 Å². The standard InChI is InChI=1S/C25H26N4O4S2/c1-15(2)33-23-11-10-17(12-18(23)13-26)24-27-28-25(34-24)21-8-4-7-20-19(21)6-5-9-22(20)29-35(31,32)14-16(3)30/h4,7-8,10-12,15,22,29H,5-6,9,14H2,1-3H3/t22-/m1/s1. The zero-order chi connectivity index (χ0) is 25.2. The number of fused-ring (bicyclic) bond motifs is 1. The maximum atomic E-state index is 12.4. The molecule has 2 aromatic carbocycles. The fraction of sp³-hybridized carbons (Fsp3) is 0.360. The lowest BCUT2D eigenvalue weighted by atomic mass is 9.85. The molecule has 0 radical (unpaired) electrons. The van der Waals surface area contributed by atoms with Crippen molar-refractivity contribution in [2.75, 3.05) is 5.75 Å². The molecule has 1 heterocycles. The zero-order valence-corrected chi connectivity index (χ0v) is 21.4. The lowest BCUT2D eigenvalue weighted by Gasteiger charge is -2.27. The molecule has 1 N–H and O–H groups in total. The van der Waals surface area contributed by atoms with Crippen LogP contribution in [0.1, 0.15) is 56.3 Å². The first-order valence-electron chi connectivity index (χ1n) is 11.3. The molecule has 35 heavy (non-hydrogen) atoms. The van der Waals surface area contributed by atoms with Gasteiger partial charge in [-0.25, -0.2) is 13.1 Å². The smallest absolute Gasteiger partial charge is 0.219 e. The first-order valence-corrected chi connectivity index (χ1v) is 13.8. The van der Waals surface area contributed by atoms with E-state index in [0.717, 1.165) is 40.1 Å². The monoisotopic (exact) mass is 510 g/mol. The Bertz CT molecular complexity index is 1410. The Kier molecular flexibility index (Phi) is 7.31. The van der Waals surface area contributed by atoms with E-state index in [2.05, 4.69) is 21.0 Å². The fourth-order valence-corrected chi connectivity index (χ4v) is 6.44. The van der Waals surface area contributed by atoms with Crippen molar-refractivity contribution in [2.45, 2.75) is 52.2 Å². The number of rotatable bonds is 8. The molecule has 0 spiro atoms. The lowest BCUT2D eigenvalue weighted by molar-refractivity contribution is -0.114. The number of carbonyl (C=O) groups excluding carboxylic acids is 1. The molecule has 1 aliphatic rings. The number of sulfonamides is 1. The second kappa shape index (κ2) is 10.2. The summed E-state index contributed by atoms with van der Waals surface area (Å²) in [5.41, 5.74) is 4.07. The summed E-state index contributed by atoms with van der Waals surface area (Å²) >= 11 is 1.42. The Hall–Kier alpha value is -3.13. The van der Waals surface area contributed by atoms with Crippen molar-refractivity contribution in [2.24, 2.45) is 0 Å². The van der Waals surface area contributed by atoms with Gasteiger partial charge < -0.3 is 4.74 Å². The summed E-state index contributed by atoms with van der Waals surface area (Å²) in [6.45, 7) is 5.08. The number of nitrogens with zero attached hydrogens (tertiary/aromatic N) is 3. The average Bonchev–Trinajstić information content (AvgIpc) is 3.28. The summed E-state index contributed by atoms with van der Waals surface area (Å²) in [4.78, 5) is 11.4. The highest BCUT2D eigenvalue weighted by Gasteiger charge is 2.28. The molecule has 182 valence electrons. The van der Waals surface area contributed by atoms with Crippen LogP contribution in [0.3, 0.4) is 0 Å². The van der Waals surface area contributed by atoms with Gasteiger partial charge in [-0.05, 0) is 69.4 Å². The van der Waals surface area contributed by atoms with Gasteiger partial charge in [-0.3, -0.25) is 4.79 Å². The maximum Gasteiger partial charge on any atom is 0.219 e. The predicted molar refractivity (Wildman–Crippen MR) is 135 cm³/mol. The number of aromatic nitrogens is 2. The van der Waals surface area contributed by atoms with Crippen LogP contribution in [0.2, 0.25) is 0 Å². The predicted octanol–water partition coefficient (Wildman–Crippen LogP) is 4.42. The van der Waals surface area contributed by atoms with E-state index < -0.39 is 21.6 Å². The normalized spacial score (nSPS) is 15.5. The highest BCUT2D eigenvalue weighted by molar-refractivity contribution is 7.90. The number of hydrogen-bond donors (Lipinski definition) is 1. The molecule has 8 nitrogen and oxygen atoms in total. The van der Waals surface area contributed by atoms with E-state index in [1.54, 1.807) is 12.1 Å². The van der Waals surface area contributed by atoms with E-state index in [-0.39, 0.29) is 12.1 Å². The maximum absolute atomic E-state index is 12.4. The highest BCUT2D eigenvalue weighted by Crippen LogP contribution is 2.39. The molecule has 3 aromatic rings. The molecule has 0 saturated carbocycles. The molecule has 0 saturated heterocycles. The van der Waals surface area contributed by atoms with Gasteiger partial charge in [-0.1, -0.05) is 29.5 Å². The van der Waals surface area contributed by atoms with E-state index >= 15 is 0 Å². The minimum absolute atomic E-state index is 0.0406. The van der Waals surface area contributed by atoms with Crippen molar-refractivity contribution in [3.8, 4) is 33.0 Å². The third-order valence-electron chi connectivity index (χ3n) is 5.59.